The fourth-order valence-electron chi connectivity index (χ4n) is 0.941. The highest BCUT2D eigenvalue weighted by atomic mass is 16.2. The van der Waals surface area contributed by atoms with Crippen LogP contribution in [0.4, 0.5) is 10.5 Å². The Morgan fingerprint density at radius 3 is 3.00 bits per heavy atom. The average molecular weight is 179 g/mol. The third kappa shape index (κ3) is 2.74. The van der Waals surface area contributed by atoms with Gasteiger partial charge < -0.3 is 10.6 Å². The Balaban J connectivity index is 2.63. The van der Waals surface area contributed by atoms with Gasteiger partial charge in [0.2, 0.25) is 0 Å². The third-order valence-electron chi connectivity index (χ3n) is 1.61. The fraction of sp³-hybridized carbons (Fsp3) is 0.333. The molecule has 0 saturated carbocycles. The summed E-state index contributed by atoms with van der Waals surface area (Å²) in [6.07, 6.45) is 3.36. The van der Waals surface area contributed by atoms with Gasteiger partial charge in [-0.05, 0) is 25.5 Å². The SMILES string of the molecule is CCNC(=O)Nc1ccncc1C. The van der Waals surface area contributed by atoms with Crippen molar-refractivity contribution < 1.29 is 4.79 Å². The van der Waals surface area contributed by atoms with Crippen molar-refractivity contribution in [2.75, 3.05) is 11.9 Å². The number of aromatic nitrogens is 1. The molecule has 4 heteroatoms. The molecule has 0 aliphatic heterocycles. The maximum absolute atomic E-state index is 11.1. The van der Waals surface area contributed by atoms with E-state index in [1.54, 1.807) is 18.5 Å². The van der Waals surface area contributed by atoms with Crippen LogP contribution in [0.5, 0.6) is 0 Å². The van der Waals surface area contributed by atoms with Gasteiger partial charge in [0, 0.05) is 24.6 Å². The molecule has 0 radical (unpaired) electrons. The molecule has 13 heavy (non-hydrogen) atoms. The minimum atomic E-state index is -0.184. The molecule has 0 aliphatic rings. The summed E-state index contributed by atoms with van der Waals surface area (Å²) in [6.45, 7) is 4.39. The van der Waals surface area contributed by atoms with Crippen LogP contribution < -0.4 is 10.6 Å². The highest BCUT2D eigenvalue weighted by Gasteiger charge is 2.01. The molecule has 4 nitrogen and oxygen atoms in total. The lowest BCUT2D eigenvalue weighted by Gasteiger charge is -2.07. The first-order chi connectivity index (χ1) is 6.24. The van der Waals surface area contributed by atoms with Crippen molar-refractivity contribution in [3.05, 3.63) is 24.0 Å². The molecular weight excluding hydrogens is 166 g/mol. The highest BCUT2D eigenvalue weighted by Crippen LogP contribution is 2.10. The summed E-state index contributed by atoms with van der Waals surface area (Å²) in [5, 5.41) is 5.37. The number of anilines is 1. The zero-order chi connectivity index (χ0) is 9.68. The van der Waals surface area contributed by atoms with Crippen LogP contribution in [0.15, 0.2) is 18.5 Å². The summed E-state index contributed by atoms with van der Waals surface area (Å²) in [7, 11) is 0. The second-order valence-electron chi connectivity index (χ2n) is 2.68. The Morgan fingerprint density at radius 2 is 2.38 bits per heavy atom. The van der Waals surface area contributed by atoms with Crippen LogP contribution >= 0.6 is 0 Å². The smallest absolute Gasteiger partial charge is 0.319 e. The molecule has 1 rings (SSSR count). The molecule has 0 aliphatic carbocycles. The number of nitrogens with one attached hydrogen (secondary N) is 2. The number of nitrogens with zero attached hydrogens (tertiary/aromatic N) is 1. The van der Waals surface area contributed by atoms with Crippen LogP contribution in [-0.2, 0) is 0 Å². The summed E-state index contributed by atoms with van der Waals surface area (Å²) in [4.78, 5) is 15.0. The van der Waals surface area contributed by atoms with Crippen molar-refractivity contribution in [1.29, 1.82) is 0 Å². The maximum Gasteiger partial charge on any atom is 0.319 e. The molecule has 2 N–H and O–H groups in total. The first-order valence-electron chi connectivity index (χ1n) is 4.19. The number of carbonyl (C=O) groups is 1. The molecule has 70 valence electrons. The van der Waals surface area contributed by atoms with Crippen molar-refractivity contribution >= 4 is 11.7 Å². The number of amides is 2. The number of pyridine rings is 1. The van der Waals surface area contributed by atoms with E-state index >= 15 is 0 Å². The number of carbonyl (C=O) groups excluding carboxylic acids is 1. The molecule has 1 heterocycles. The first-order valence-corrected chi connectivity index (χ1v) is 4.19. The lowest BCUT2D eigenvalue weighted by molar-refractivity contribution is 0.252. The summed E-state index contributed by atoms with van der Waals surface area (Å²) in [5.41, 5.74) is 1.75. The predicted molar refractivity (Wildman–Crippen MR) is 51.7 cm³/mol. The predicted octanol–water partition coefficient (Wildman–Crippen LogP) is 1.53. The van der Waals surface area contributed by atoms with Gasteiger partial charge in [-0.2, -0.15) is 0 Å². The van der Waals surface area contributed by atoms with E-state index in [0.29, 0.717) is 6.54 Å². The fourth-order valence-corrected chi connectivity index (χ4v) is 0.941. The second kappa shape index (κ2) is 4.45. The molecule has 0 saturated heterocycles. The standard InChI is InChI=1S/C9H13N3O/c1-3-11-9(13)12-8-4-5-10-6-7(8)2/h4-6H,3H2,1-2H3,(H2,10,11,12,13). The van der Waals surface area contributed by atoms with Crippen LogP contribution in [0.1, 0.15) is 12.5 Å². The number of rotatable bonds is 2. The summed E-state index contributed by atoms with van der Waals surface area (Å²) < 4.78 is 0. The van der Waals surface area contributed by atoms with Crippen LogP contribution in [-0.4, -0.2) is 17.6 Å². The molecule has 0 spiro atoms. The van der Waals surface area contributed by atoms with Crippen molar-refractivity contribution in [3.8, 4) is 0 Å². The largest absolute Gasteiger partial charge is 0.338 e. The molecule has 2 amide bonds. The molecule has 1 aromatic rings. The highest BCUT2D eigenvalue weighted by molar-refractivity contribution is 5.89. The third-order valence-corrected chi connectivity index (χ3v) is 1.61. The molecule has 1 aromatic heterocycles. The van der Waals surface area contributed by atoms with Crippen LogP contribution in [0.25, 0.3) is 0 Å². The molecule has 0 fully saturated rings. The van der Waals surface area contributed by atoms with Crippen molar-refractivity contribution in [1.82, 2.24) is 10.3 Å². The topological polar surface area (TPSA) is 54.0 Å². The van der Waals surface area contributed by atoms with Gasteiger partial charge in [0.25, 0.3) is 0 Å². The van der Waals surface area contributed by atoms with Gasteiger partial charge in [0.05, 0.1) is 0 Å². The van der Waals surface area contributed by atoms with Crippen LogP contribution in [0.2, 0.25) is 0 Å². The lowest BCUT2D eigenvalue weighted by atomic mass is 10.2. The lowest BCUT2D eigenvalue weighted by Crippen LogP contribution is -2.28. The van der Waals surface area contributed by atoms with Gasteiger partial charge in [0.15, 0.2) is 0 Å². The van der Waals surface area contributed by atoms with Gasteiger partial charge >= 0.3 is 6.03 Å². The molecule has 0 atom stereocenters. The zero-order valence-corrected chi connectivity index (χ0v) is 7.79. The second-order valence-corrected chi connectivity index (χ2v) is 2.68. The van der Waals surface area contributed by atoms with Crippen molar-refractivity contribution in [3.63, 3.8) is 0 Å². The summed E-state index contributed by atoms with van der Waals surface area (Å²) >= 11 is 0. The Labute approximate surface area is 77.4 Å². The Hall–Kier alpha value is -1.58. The summed E-state index contributed by atoms with van der Waals surface area (Å²) in [6, 6.07) is 1.58. The molecule has 0 unspecified atom stereocenters. The van der Waals surface area contributed by atoms with Crippen molar-refractivity contribution in [2.24, 2.45) is 0 Å². The van der Waals surface area contributed by atoms with Gasteiger partial charge in [-0.3, -0.25) is 4.98 Å². The van der Waals surface area contributed by atoms with E-state index in [1.165, 1.54) is 0 Å². The van der Waals surface area contributed by atoms with E-state index < -0.39 is 0 Å². The Morgan fingerprint density at radius 1 is 1.62 bits per heavy atom. The number of urea groups is 1. The minimum absolute atomic E-state index is 0.184. The molecule has 0 bridgehead atoms. The van der Waals surface area contributed by atoms with Crippen molar-refractivity contribution in [2.45, 2.75) is 13.8 Å². The average Bonchev–Trinajstić information content (AvgIpc) is 2.09. The maximum atomic E-state index is 11.1. The van der Waals surface area contributed by atoms with Gasteiger partial charge in [-0.25, -0.2) is 4.79 Å². The van der Waals surface area contributed by atoms with E-state index in [9.17, 15) is 4.79 Å². The molecular formula is C9H13N3O. The van der Waals surface area contributed by atoms with E-state index in [0.717, 1.165) is 11.3 Å². The minimum Gasteiger partial charge on any atom is -0.338 e. The monoisotopic (exact) mass is 179 g/mol. The number of hydrogen-bond donors (Lipinski definition) is 2. The number of hydrogen-bond acceptors (Lipinski definition) is 2. The van der Waals surface area contributed by atoms with Gasteiger partial charge in [-0.15, -0.1) is 0 Å². The Bertz CT molecular complexity index is 299. The quantitative estimate of drug-likeness (QED) is 0.723. The van der Waals surface area contributed by atoms with E-state index in [4.69, 9.17) is 0 Å². The van der Waals surface area contributed by atoms with E-state index in [1.807, 2.05) is 13.8 Å². The number of aryl methyl sites for hydroxylation is 1. The summed E-state index contributed by atoms with van der Waals surface area (Å²) in [5.74, 6) is 0. The van der Waals surface area contributed by atoms with Crippen LogP contribution in [0.3, 0.4) is 0 Å². The first kappa shape index (κ1) is 9.51. The molecule has 0 aromatic carbocycles. The van der Waals surface area contributed by atoms with Crippen LogP contribution in [0, 0.1) is 6.92 Å². The van der Waals surface area contributed by atoms with Gasteiger partial charge in [0.1, 0.15) is 0 Å². The zero-order valence-electron chi connectivity index (χ0n) is 7.79. The van der Waals surface area contributed by atoms with E-state index in [-0.39, 0.29) is 6.03 Å². The van der Waals surface area contributed by atoms with E-state index in [2.05, 4.69) is 15.6 Å². The normalized spacial score (nSPS) is 9.38. The Kier molecular flexibility index (Phi) is 3.25. The van der Waals surface area contributed by atoms with Gasteiger partial charge in [-0.1, -0.05) is 0 Å².